The summed E-state index contributed by atoms with van der Waals surface area (Å²) in [7, 11) is -0.969. The molecule has 10 nitrogen and oxygen atoms in total. The van der Waals surface area contributed by atoms with Crippen LogP contribution in [-0.4, -0.2) is 67.0 Å². The Labute approximate surface area is 151 Å². The molecule has 1 aromatic carbocycles. The summed E-state index contributed by atoms with van der Waals surface area (Å²) in [4.78, 5) is 24.2. The molecule has 0 saturated carbocycles. The highest BCUT2D eigenvalue weighted by Crippen LogP contribution is 2.14. The molecular weight excluding hydrogens is 368 g/mol. The van der Waals surface area contributed by atoms with Crippen LogP contribution in [0.25, 0.3) is 0 Å². The molecule has 1 rings (SSSR count). The third-order valence-electron chi connectivity index (χ3n) is 3.03. The Kier molecular flexibility index (Phi) is 8.99. The average molecular weight is 390 g/mol. The molecule has 0 aromatic heterocycles. The lowest BCUT2D eigenvalue weighted by molar-refractivity contribution is -0.157. The predicted octanol–water partition coefficient (Wildman–Crippen LogP) is -0.506. The lowest BCUT2D eigenvalue weighted by atomic mass is 10.2. The van der Waals surface area contributed by atoms with Crippen LogP contribution < -0.4 is 10.5 Å². The van der Waals surface area contributed by atoms with Crippen molar-refractivity contribution in [3.8, 4) is 0 Å². The first kappa shape index (κ1) is 21.8. The summed E-state index contributed by atoms with van der Waals surface area (Å²) in [6.45, 7) is 0.257. The van der Waals surface area contributed by atoms with Gasteiger partial charge in [-0.1, -0.05) is 0 Å². The fourth-order valence-corrected chi connectivity index (χ4v) is 2.25. The molecule has 0 spiro atoms. The lowest BCUT2D eigenvalue weighted by Gasteiger charge is -2.17. The number of primary sulfonamides is 1. The minimum Gasteiger partial charge on any atom is -0.461 e. The summed E-state index contributed by atoms with van der Waals surface area (Å²) in [5.74, 6) is -1.72. The highest BCUT2D eigenvalue weighted by Gasteiger charge is 2.30. The quantitative estimate of drug-likeness (QED) is 0.290. The van der Waals surface area contributed by atoms with Gasteiger partial charge in [0, 0.05) is 19.9 Å². The van der Waals surface area contributed by atoms with Gasteiger partial charge in [-0.15, -0.1) is 0 Å². The van der Waals surface area contributed by atoms with Crippen LogP contribution in [0.3, 0.4) is 0 Å². The monoisotopic (exact) mass is 390 g/mol. The standard InChI is InChI=1S/C15H22N2O8S/c1-22-7-9-24-14(18)13(15(19)25-10-8-23-2)17-11-3-5-12(6-4-11)26(16,20)21/h3-6,13,17H,7-10H2,1-2H3,(H2,16,20,21). The van der Waals surface area contributed by atoms with Gasteiger partial charge in [-0.3, -0.25) is 0 Å². The molecule has 0 bridgehead atoms. The van der Waals surface area contributed by atoms with Crippen LogP contribution in [0.15, 0.2) is 29.2 Å². The fraction of sp³-hybridized carbons (Fsp3) is 0.467. The van der Waals surface area contributed by atoms with E-state index < -0.39 is 28.0 Å². The Morgan fingerprint density at radius 1 is 0.962 bits per heavy atom. The topological polar surface area (TPSA) is 143 Å². The predicted molar refractivity (Wildman–Crippen MR) is 90.9 cm³/mol. The molecule has 0 aliphatic carbocycles. The van der Waals surface area contributed by atoms with Crippen LogP contribution in [0, 0.1) is 0 Å². The molecule has 0 aliphatic rings. The highest BCUT2D eigenvalue weighted by molar-refractivity contribution is 7.89. The number of nitrogens with one attached hydrogen (secondary N) is 1. The van der Waals surface area contributed by atoms with E-state index in [4.69, 9.17) is 24.1 Å². The number of hydrogen-bond acceptors (Lipinski definition) is 9. The Hall–Kier alpha value is -2.21. The number of benzene rings is 1. The van der Waals surface area contributed by atoms with Crippen molar-refractivity contribution in [2.24, 2.45) is 5.14 Å². The van der Waals surface area contributed by atoms with Gasteiger partial charge in [-0.2, -0.15) is 0 Å². The number of methoxy groups -OCH3 is 2. The minimum absolute atomic E-state index is 0.0385. The number of hydrogen-bond donors (Lipinski definition) is 2. The molecule has 0 unspecified atom stereocenters. The van der Waals surface area contributed by atoms with Gasteiger partial charge in [0.2, 0.25) is 16.1 Å². The number of ether oxygens (including phenoxy) is 4. The van der Waals surface area contributed by atoms with E-state index in [1.807, 2.05) is 0 Å². The van der Waals surface area contributed by atoms with Crippen molar-refractivity contribution >= 4 is 27.6 Å². The first-order valence-corrected chi connectivity index (χ1v) is 9.04. The van der Waals surface area contributed by atoms with Crippen LogP contribution in [0.4, 0.5) is 5.69 Å². The zero-order valence-corrected chi connectivity index (χ0v) is 15.3. The van der Waals surface area contributed by atoms with E-state index in [0.29, 0.717) is 5.69 Å². The molecule has 0 fully saturated rings. The van der Waals surface area contributed by atoms with Gasteiger partial charge in [0.05, 0.1) is 18.1 Å². The first-order chi connectivity index (χ1) is 12.3. The number of rotatable bonds is 11. The van der Waals surface area contributed by atoms with Crippen LogP contribution in [0.2, 0.25) is 0 Å². The largest absolute Gasteiger partial charge is 0.461 e. The summed E-state index contributed by atoms with van der Waals surface area (Å²) in [6, 6.07) is 3.75. The summed E-state index contributed by atoms with van der Waals surface area (Å²) in [5.41, 5.74) is 0.301. The second-order valence-corrected chi connectivity index (χ2v) is 6.53. The Balaban J connectivity index is 2.86. The molecular formula is C15H22N2O8S. The number of esters is 2. The maximum atomic E-state index is 12.1. The zero-order chi connectivity index (χ0) is 19.6. The Bertz CT molecular complexity index is 668. The van der Waals surface area contributed by atoms with E-state index in [1.165, 1.54) is 38.5 Å². The van der Waals surface area contributed by atoms with Crippen molar-refractivity contribution in [1.82, 2.24) is 0 Å². The number of nitrogens with two attached hydrogens (primary N) is 1. The van der Waals surface area contributed by atoms with Crippen LogP contribution in [0.1, 0.15) is 0 Å². The van der Waals surface area contributed by atoms with Crippen molar-refractivity contribution in [2.75, 3.05) is 46.0 Å². The molecule has 0 radical (unpaired) electrons. The zero-order valence-electron chi connectivity index (χ0n) is 14.5. The van der Waals surface area contributed by atoms with Crippen molar-refractivity contribution in [3.63, 3.8) is 0 Å². The smallest absolute Gasteiger partial charge is 0.340 e. The molecule has 3 N–H and O–H groups in total. The summed E-state index contributed by atoms with van der Waals surface area (Å²) in [5, 5.41) is 7.67. The number of carbonyl (C=O) groups excluding carboxylic acids is 2. The molecule has 0 amide bonds. The maximum Gasteiger partial charge on any atom is 0.340 e. The number of sulfonamides is 1. The van der Waals surface area contributed by atoms with E-state index in [2.05, 4.69) is 5.32 Å². The Morgan fingerprint density at radius 2 is 1.42 bits per heavy atom. The van der Waals surface area contributed by atoms with Crippen LogP contribution >= 0.6 is 0 Å². The van der Waals surface area contributed by atoms with Gasteiger partial charge in [0.25, 0.3) is 0 Å². The van der Waals surface area contributed by atoms with Gasteiger partial charge in [0.1, 0.15) is 13.2 Å². The van der Waals surface area contributed by atoms with E-state index in [0.717, 1.165) is 0 Å². The first-order valence-electron chi connectivity index (χ1n) is 7.50. The van der Waals surface area contributed by atoms with Crippen LogP contribution in [-0.2, 0) is 38.6 Å². The highest BCUT2D eigenvalue weighted by atomic mass is 32.2. The third-order valence-corrected chi connectivity index (χ3v) is 3.96. The van der Waals surface area contributed by atoms with Crippen molar-refractivity contribution in [2.45, 2.75) is 10.9 Å². The van der Waals surface area contributed by atoms with E-state index in [-0.39, 0.29) is 31.3 Å². The number of anilines is 1. The second kappa shape index (κ2) is 10.7. The van der Waals surface area contributed by atoms with Gasteiger partial charge in [-0.05, 0) is 24.3 Å². The van der Waals surface area contributed by atoms with Gasteiger partial charge < -0.3 is 24.3 Å². The summed E-state index contributed by atoms with van der Waals surface area (Å²) >= 11 is 0. The molecule has 0 atom stereocenters. The normalized spacial score (nSPS) is 11.2. The summed E-state index contributed by atoms with van der Waals surface area (Å²) in [6.07, 6.45) is 0. The molecule has 0 aliphatic heterocycles. The van der Waals surface area contributed by atoms with Crippen molar-refractivity contribution in [3.05, 3.63) is 24.3 Å². The third kappa shape index (κ3) is 7.35. The molecule has 0 heterocycles. The van der Waals surface area contributed by atoms with Gasteiger partial charge in [-0.25, -0.2) is 23.1 Å². The van der Waals surface area contributed by atoms with E-state index >= 15 is 0 Å². The van der Waals surface area contributed by atoms with E-state index in [1.54, 1.807) is 0 Å². The Morgan fingerprint density at radius 3 is 1.81 bits per heavy atom. The van der Waals surface area contributed by atoms with Crippen LogP contribution in [0.5, 0.6) is 0 Å². The molecule has 11 heteroatoms. The lowest BCUT2D eigenvalue weighted by Crippen LogP contribution is -2.41. The average Bonchev–Trinajstić information content (AvgIpc) is 2.59. The SMILES string of the molecule is COCCOC(=O)C(Nc1ccc(S(N)(=O)=O)cc1)C(=O)OCCOC. The van der Waals surface area contributed by atoms with Crippen molar-refractivity contribution in [1.29, 1.82) is 0 Å². The molecule has 26 heavy (non-hydrogen) atoms. The minimum atomic E-state index is -3.85. The molecule has 146 valence electrons. The van der Waals surface area contributed by atoms with Crippen molar-refractivity contribution < 1.29 is 37.0 Å². The molecule has 1 aromatic rings. The fourth-order valence-electron chi connectivity index (χ4n) is 1.74. The summed E-state index contributed by atoms with van der Waals surface area (Å²) < 4.78 is 42.0. The van der Waals surface area contributed by atoms with Gasteiger partial charge >= 0.3 is 11.9 Å². The number of carbonyl (C=O) groups is 2. The molecule has 0 saturated heterocycles. The van der Waals surface area contributed by atoms with Gasteiger partial charge in [0.15, 0.2) is 0 Å². The maximum absolute atomic E-state index is 12.1. The van der Waals surface area contributed by atoms with E-state index in [9.17, 15) is 18.0 Å². The second-order valence-electron chi connectivity index (χ2n) is 4.97.